The quantitative estimate of drug-likeness (QED) is 0.324. The largest absolute Gasteiger partial charge is 0.474 e. The normalized spacial score (nSPS) is 11.4. The van der Waals surface area contributed by atoms with Crippen LogP contribution in [0.3, 0.4) is 0 Å². The molecular weight excluding hydrogens is 323 g/mol. The fourth-order valence-electron chi connectivity index (χ4n) is 1.13. The third kappa shape index (κ3) is 18.2. The van der Waals surface area contributed by atoms with Crippen molar-refractivity contribution in [2.24, 2.45) is 0 Å². The van der Waals surface area contributed by atoms with Gasteiger partial charge in [0.15, 0.2) is 0 Å². The van der Waals surface area contributed by atoms with Gasteiger partial charge in [0, 0.05) is 0 Å². The predicted octanol–water partition coefficient (Wildman–Crippen LogP) is 2.88. The van der Waals surface area contributed by atoms with Crippen molar-refractivity contribution in [2.45, 2.75) is 65.4 Å². The lowest BCUT2D eigenvalue weighted by Gasteiger charge is -2.17. The van der Waals surface area contributed by atoms with Gasteiger partial charge in [0.05, 0.1) is 33.0 Å². The molecule has 0 unspecified atom stereocenters. The summed E-state index contributed by atoms with van der Waals surface area (Å²) in [5.41, 5.74) is 0. The summed E-state index contributed by atoms with van der Waals surface area (Å²) in [6.45, 7) is 6.76. The highest BCUT2D eigenvalue weighted by Crippen LogP contribution is 2.49. The van der Waals surface area contributed by atoms with Crippen LogP contribution >= 0.6 is 7.82 Å². The topological polar surface area (TPSA) is 105 Å². The molecule has 0 aromatic carbocycles. The number of unbranched alkanes of at least 4 members (excludes halogenated alkanes) is 3. The fourth-order valence-corrected chi connectivity index (χ4v) is 2.41. The highest BCUT2D eigenvalue weighted by molar-refractivity contribution is 7.48. The van der Waals surface area contributed by atoms with Gasteiger partial charge in [0.1, 0.15) is 6.10 Å². The van der Waals surface area contributed by atoms with Gasteiger partial charge in [-0.25, -0.2) is 4.57 Å². The number of rotatable bonds is 14. The van der Waals surface area contributed by atoms with Gasteiger partial charge in [-0.1, -0.05) is 40.0 Å². The van der Waals surface area contributed by atoms with E-state index in [1.54, 1.807) is 0 Å². The van der Waals surface area contributed by atoms with Crippen LogP contribution in [0, 0.1) is 0 Å². The van der Waals surface area contributed by atoms with Crippen LogP contribution in [0.4, 0.5) is 0 Å². The Labute approximate surface area is 140 Å². The first-order valence-electron chi connectivity index (χ1n) is 8.42. The zero-order chi connectivity index (χ0) is 18.0. The minimum absolute atomic E-state index is 0.365. The number of aliphatic hydroxyl groups is 3. The smallest absolute Gasteiger partial charge is 0.394 e. The molecule has 0 atom stereocenters. The van der Waals surface area contributed by atoms with Crippen LogP contribution in [-0.4, -0.2) is 54.5 Å². The number of hydrogen-bond donors (Lipinski definition) is 3. The number of phosphoric acid groups is 1. The molecule has 0 heterocycles. The maximum absolute atomic E-state index is 12.2. The molecule has 0 spiro atoms. The Bertz CT molecular complexity index is 239. The third-order valence-electron chi connectivity index (χ3n) is 2.66. The van der Waals surface area contributed by atoms with Crippen molar-refractivity contribution in [1.82, 2.24) is 0 Å². The van der Waals surface area contributed by atoms with Gasteiger partial charge in [0.25, 0.3) is 0 Å². The van der Waals surface area contributed by atoms with E-state index in [0.29, 0.717) is 19.8 Å². The van der Waals surface area contributed by atoms with E-state index in [4.69, 9.17) is 28.9 Å². The molecule has 3 N–H and O–H groups in total. The Morgan fingerprint density at radius 3 is 1.26 bits per heavy atom. The number of phosphoric ester groups is 1. The van der Waals surface area contributed by atoms with Crippen molar-refractivity contribution < 1.29 is 33.5 Å². The van der Waals surface area contributed by atoms with Gasteiger partial charge in [-0.15, -0.1) is 0 Å². The summed E-state index contributed by atoms with van der Waals surface area (Å²) in [6.07, 6.45) is 4.68. The summed E-state index contributed by atoms with van der Waals surface area (Å²) in [7, 11) is -3.31. The molecule has 0 saturated heterocycles. The van der Waals surface area contributed by atoms with E-state index in [1.807, 2.05) is 0 Å². The number of hydrogen-bond acceptors (Lipinski definition) is 7. The van der Waals surface area contributed by atoms with E-state index in [2.05, 4.69) is 20.8 Å². The van der Waals surface area contributed by atoms with E-state index < -0.39 is 13.9 Å². The second kappa shape index (κ2) is 18.3. The van der Waals surface area contributed by atoms with Gasteiger partial charge < -0.3 is 15.3 Å². The second-order valence-corrected chi connectivity index (χ2v) is 6.70. The maximum Gasteiger partial charge on any atom is 0.474 e. The summed E-state index contributed by atoms with van der Waals surface area (Å²) in [6, 6.07) is 0. The first kappa shape index (κ1) is 25.2. The van der Waals surface area contributed by atoms with Crippen LogP contribution in [0.25, 0.3) is 0 Å². The molecule has 23 heavy (non-hydrogen) atoms. The summed E-state index contributed by atoms with van der Waals surface area (Å²) in [5, 5.41) is 24.0. The maximum atomic E-state index is 12.2. The first-order valence-corrected chi connectivity index (χ1v) is 9.89. The van der Waals surface area contributed by atoms with Crippen LogP contribution in [0.15, 0.2) is 0 Å². The SMILES string of the molecule is CCCCOP(=O)(OCCCC)OCCCC.OCC(O)CO. The van der Waals surface area contributed by atoms with Crippen molar-refractivity contribution in [3.05, 3.63) is 0 Å². The van der Waals surface area contributed by atoms with Gasteiger partial charge in [-0.05, 0) is 19.3 Å². The molecule has 0 bridgehead atoms. The molecule has 7 nitrogen and oxygen atoms in total. The average Bonchev–Trinajstić information content (AvgIpc) is 2.55. The van der Waals surface area contributed by atoms with E-state index in [1.165, 1.54) is 0 Å². The monoisotopic (exact) mass is 358 g/mol. The van der Waals surface area contributed by atoms with Crippen molar-refractivity contribution in [3.8, 4) is 0 Å². The zero-order valence-electron chi connectivity index (χ0n) is 14.8. The molecule has 0 aromatic rings. The summed E-state index contributed by atoms with van der Waals surface area (Å²) in [5.74, 6) is 0. The van der Waals surface area contributed by atoms with Crippen molar-refractivity contribution in [2.75, 3.05) is 33.0 Å². The van der Waals surface area contributed by atoms with Gasteiger partial charge in [-0.3, -0.25) is 13.6 Å². The molecule has 0 aliphatic carbocycles. The molecule has 0 radical (unpaired) electrons. The fraction of sp³-hybridized carbons (Fsp3) is 1.00. The third-order valence-corrected chi connectivity index (χ3v) is 4.16. The lowest BCUT2D eigenvalue weighted by molar-refractivity contribution is 0.0450. The molecule has 0 aliphatic heterocycles. The molecule has 0 fully saturated rings. The van der Waals surface area contributed by atoms with Crippen LogP contribution in [0.5, 0.6) is 0 Å². The molecule has 0 saturated carbocycles. The van der Waals surface area contributed by atoms with Crippen LogP contribution in [0.2, 0.25) is 0 Å². The van der Waals surface area contributed by atoms with Crippen molar-refractivity contribution in [3.63, 3.8) is 0 Å². The Kier molecular flexibility index (Phi) is 20.1. The van der Waals surface area contributed by atoms with E-state index >= 15 is 0 Å². The lowest BCUT2D eigenvalue weighted by Crippen LogP contribution is -2.15. The van der Waals surface area contributed by atoms with Gasteiger partial charge in [0.2, 0.25) is 0 Å². The van der Waals surface area contributed by atoms with Gasteiger partial charge >= 0.3 is 7.82 Å². The second-order valence-electron chi connectivity index (χ2n) is 5.03. The predicted molar refractivity (Wildman–Crippen MR) is 90.4 cm³/mol. The standard InChI is InChI=1S/C12H27O4P.C3H8O3/c1-4-7-10-14-17(13,15-11-8-5-2)16-12-9-6-3;4-1-3(6)2-5/h4-12H2,1-3H3;3-6H,1-2H2. The molecule has 142 valence electrons. The molecule has 0 aromatic heterocycles. The lowest BCUT2D eigenvalue weighted by atomic mass is 10.4. The van der Waals surface area contributed by atoms with Gasteiger partial charge in [-0.2, -0.15) is 0 Å². The van der Waals surface area contributed by atoms with Crippen LogP contribution in [-0.2, 0) is 18.1 Å². The zero-order valence-corrected chi connectivity index (χ0v) is 15.7. The molecule has 0 rings (SSSR count). The molecule has 8 heteroatoms. The van der Waals surface area contributed by atoms with Crippen molar-refractivity contribution >= 4 is 7.82 Å². The van der Waals surface area contributed by atoms with E-state index in [-0.39, 0.29) is 13.2 Å². The Morgan fingerprint density at radius 1 is 0.783 bits per heavy atom. The average molecular weight is 358 g/mol. The van der Waals surface area contributed by atoms with E-state index in [9.17, 15) is 4.57 Å². The Morgan fingerprint density at radius 2 is 1.09 bits per heavy atom. The minimum atomic E-state index is -3.31. The first-order chi connectivity index (χ1) is 11.0. The minimum Gasteiger partial charge on any atom is -0.394 e. The highest BCUT2D eigenvalue weighted by atomic mass is 31.2. The Hall–Kier alpha value is -0.0100. The molecular formula is C15H35O7P. The highest BCUT2D eigenvalue weighted by Gasteiger charge is 2.25. The van der Waals surface area contributed by atoms with Crippen molar-refractivity contribution in [1.29, 1.82) is 0 Å². The van der Waals surface area contributed by atoms with Crippen LogP contribution < -0.4 is 0 Å². The summed E-state index contributed by atoms with van der Waals surface area (Å²) in [4.78, 5) is 0. The summed E-state index contributed by atoms with van der Waals surface area (Å²) >= 11 is 0. The number of aliphatic hydroxyl groups excluding tert-OH is 3. The summed E-state index contributed by atoms with van der Waals surface area (Å²) < 4.78 is 28.0. The Balaban J connectivity index is 0. The molecule has 0 aliphatic rings. The van der Waals surface area contributed by atoms with E-state index in [0.717, 1.165) is 38.5 Å². The van der Waals surface area contributed by atoms with Crippen LogP contribution in [0.1, 0.15) is 59.3 Å². The molecule has 0 amide bonds.